The Morgan fingerprint density at radius 3 is 2.18 bits per heavy atom. The molecule has 0 radical (unpaired) electrons. The van der Waals surface area contributed by atoms with Crippen molar-refractivity contribution in [2.45, 2.75) is 46.2 Å². The summed E-state index contributed by atoms with van der Waals surface area (Å²) in [5.74, 6) is 0.711. The molecule has 1 rings (SSSR count). The van der Waals surface area contributed by atoms with E-state index in [1.54, 1.807) is 0 Å². The van der Waals surface area contributed by atoms with Crippen LogP contribution in [0, 0.1) is 6.92 Å². The van der Waals surface area contributed by atoms with Crippen LogP contribution in [-0.4, -0.2) is 23.4 Å². The van der Waals surface area contributed by atoms with Gasteiger partial charge in [-0.25, -0.2) is 0 Å². The van der Waals surface area contributed by atoms with E-state index in [1.165, 1.54) is 24.0 Å². The summed E-state index contributed by atoms with van der Waals surface area (Å²) in [5, 5.41) is 0. The van der Waals surface area contributed by atoms with Crippen molar-refractivity contribution in [2.75, 3.05) is 12.4 Å². The van der Waals surface area contributed by atoms with Gasteiger partial charge in [0.15, 0.2) is 0 Å². The van der Waals surface area contributed by atoms with E-state index < -0.39 is 0 Å². The maximum absolute atomic E-state index is 5.90. The third-order valence-electron chi connectivity index (χ3n) is 3.34. The molecule has 96 valence electrons. The van der Waals surface area contributed by atoms with Gasteiger partial charge in [0, 0.05) is 25.0 Å². The summed E-state index contributed by atoms with van der Waals surface area (Å²) < 4.78 is 0. The molecule has 0 atom stereocenters. The summed E-state index contributed by atoms with van der Waals surface area (Å²) in [4.78, 5) is 2.50. The van der Waals surface area contributed by atoms with Crippen molar-refractivity contribution in [1.29, 1.82) is 0 Å². The van der Waals surface area contributed by atoms with E-state index in [4.69, 9.17) is 11.6 Å². The Bertz CT molecular complexity index is 303. The van der Waals surface area contributed by atoms with Crippen molar-refractivity contribution in [1.82, 2.24) is 4.90 Å². The average Bonchev–Trinajstić information content (AvgIpc) is 2.34. The zero-order valence-electron chi connectivity index (χ0n) is 11.2. The molecule has 0 heterocycles. The van der Waals surface area contributed by atoms with Gasteiger partial charge in [-0.15, -0.1) is 11.6 Å². The van der Waals surface area contributed by atoms with Crippen molar-refractivity contribution in [3.05, 3.63) is 35.4 Å². The van der Waals surface area contributed by atoms with Crippen molar-refractivity contribution in [3.8, 4) is 0 Å². The van der Waals surface area contributed by atoms with Crippen LogP contribution < -0.4 is 0 Å². The Labute approximate surface area is 111 Å². The minimum Gasteiger partial charge on any atom is -0.295 e. The molecule has 0 unspecified atom stereocenters. The lowest BCUT2D eigenvalue weighted by Crippen LogP contribution is -2.35. The molecule has 0 fully saturated rings. The van der Waals surface area contributed by atoms with Gasteiger partial charge in [0.2, 0.25) is 0 Å². The maximum atomic E-state index is 5.90. The Balaban J connectivity index is 2.68. The predicted octanol–water partition coefficient (Wildman–Crippen LogP) is 4.22. The zero-order valence-corrected chi connectivity index (χ0v) is 12.0. The van der Waals surface area contributed by atoms with Gasteiger partial charge in [-0.3, -0.25) is 4.90 Å². The first-order chi connectivity index (χ1) is 8.21. The zero-order chi connectivity index (χ0) is 12.7. The van der Waals surface area contributed by atoms with Gasteiger partial charge < -0.3 is 0 Å². The van der Waals surface area contributed by atoms with Crippen LogP contribution in [0.1, 0.15) is 37.8 Å². The van der Waals surface area contributed by atoms with Crippen molar-refractivity contribution in [2.24, 2.45) is 0 Å². The second kappa shape index (κ2) is 7.73. The van der Waals surface area contributed by atoms with Crippen LogP contribution in [0.4, 0.5) is 0 Å². The van der Waals surface area contributed by atoms with Gasteiger partial charge in [-0.1, -0.05) is 43.7 Å². The smallest absolute Gasteiger partial charge is 0.0351 e. The fourth-order valence-electron chi connectivity index (χ4n) is 2.23. The summed E-state index contributed by atoms with van der Waals surface area (Å²) in [6, 6.07) is 9.45. The molecule has 1 aromatic rings. The number of rotatable bonds is 7. The summed E-state index contributed by atoms with van der Waals surface area (Å²) in [6.45, 7) is 8.62. The number of aryl methyl sites for hydroxylation is 1. The van der Waals surface area contributed by atoms with Gasteiger partial charge >= 0.3 is 0 Å². The average molecular weight is 254 g/mol. The second-order valence-corrected chi connectivity index (χ2v) is 4.99. The minimum absolute atomic E-state index is 0.648. The number of nitrogens with zero attached hydrogens (tertiary/aromatic N) is 1. The van der Waals surface area contributed by atoms with E-state index >= 15 is 0 Å². The summed E-state index contributed by atoms with van der Waals surface area (Å²) >= 11 is 5.90. The largest absolute Gasteiger partial charge is 0.295 e. The first-order valence-corrected chi connectivity index (χ1v) is 7.10. The molecule has 0 N–H and O–H groups in total. The first kappa shape index (κ1) is 14.5. The van der Waals surface area contributed by atoms with Gasteiger partial charge in [0.1, 0.15) is 0 Å². The molecule has 2 heteroatoms. The number of hydrogen-bond acceptors (Lipinski definition) is 1. The Hall–Kier alpha value is -0.530. The highest BCUT2D eigenvalue weighted by Crippen LogP contribution is 2.14. The molecule has 0 spiro atoms. The Kier molecular flexibility index (Phi) is 6.61. The summed E-state index contributed by atoms with van der Waals surface area (Å²) in [6.07, 6.45) is 2.39. The van der Waals surface area contributed by atoms with E-state index in [0.717, 1.165) is 13.1 Å². The van der Waals surface area contributed by atoms with E-state index in [0.29, 0.717) is 11.9 Å². The fraction of sp³-hybridized carbons (Fsp3) is 0.600. The lowest BCUT2D eigenvalue weighted by atomic mass is 10.1. The van der Waals surface area contributed by atoms with E-state index in [1.807, 2.05) is 0 Å². The van der Waals surface area contributed by atoms with Crippen LogP contribution >= 0.6 is 11.6 Å². The molecule has 0 amide bonds. The highest BCUT2D eigenvalue weighted by Gasteiger charge is 2.14. The molecule has 1 nitrogen and oxygen atoms in total. The molecule has 0 aromatic heterocycles. The lowest BCUT2D eigenvalue weighted by Gasteiger charge is -2.29. The van der Waals surface area contributed by atoms with Gasteiger partial charge in [-0.2, -0.15) is 0 Å². The van der Waals surface area contributed by atoms with Gasteiger partial charge in [-0.05, 0) is 25.3 Å². The highest BCUT2D eigenvalue weighted by atomic mass is 35.5. The Morgan fingerprint density at radius 1 is 1.12 bits per heavy atom. The normalized spacial score (nSPS) is 11.4. The lowest BCUT2D eigenvalue weighted by molar-refractivity contribution is 0.188. The van der Waals surface area contributed by atoms with Gasteiger partial charge in [0.25, 0.3) is 0 Å². The molecular formula is C15H24ClN. The number of alkyl halides is 1. The molecule has 0 saturated carbocycles. The molecule has 1 aromatic carbocycles. The quantitative estimate of drug-likeness (QED) is 0.658. The van der Waals surface area contributed by atoms with E-state index in [2.05, 4.69) is 49.9 Å². The van der Waals surface area contributed by atoms with Crippen LogP contribution in [-0.2, 0) is 6.54 Å². The van der Waals surface area contributed by atoms with E-state index in [-0.39, 0.29) is 0 Å². The number of hydrogen-bond donors (Lipinski definition) is 0. The second-order valence-electron chi connectivity index (χ2n) is 4.62. The van der Waals surface area contributed by atoms with Crippen molar-refractivity contribution >= 4 is 11.6 Å². The SMILES string of the molecule is CCC(CC)N(CCCl)Cc1ccc(C)cc1. The third-order valence-corrected chi connectivity index (χ3v) is 3.51. The summed E-state index contributed by atoms with van der Waals surface area (Å²) in [7, 11) is 0. The molecule has 0 aliphatic rings. The van der Waals surface area contributed by atoms with Gasteiger partial charge in [0.05, 0.1) is 0 Å². The fourth-order valence-corrected chi connectivity index (χ4v) is 2.45. The molecule has 0 saturated heterocycles. The standard InChI is InChI=1S/C15H24ClN/c1-4-15(5-2)17(11-10-16)12-14-8-6-13(3)7-9-14/h6-9,15H,4-5,10-12H2,1-3H3. The van der Waals surface area contributed by atoms with Crippen LogP contribution in [0.3, 0.4) is 0 Å². The van der Waals surface area contributed by atoms with Crippen LogP contribution in [0.15, 0.2) is 24.3 Å². The first-order valence-electron chi connectivity index (χ1n) is 6.56. The van der Waals surface area contributed by atoms with Crippen LogP contribution in [0.25, 0.3) is 0 Å². The van der Waals surface area contributed by atoms with E-state index in [9.17, 15) is 0 Å². The number of halogens is 1. The third kappa shape index (κ3) is 4.69. The molecule has 0 aliphatic heterocycles. The van der Waals surface area contributed by atoms with Crippen molar-refractivity contribution < 1.29 is 0 Å². The molecular weight excluding hydrogens is 230 g/mol. The predicted molar refractivity (Wildman–Crippen MR) is 76.7 cm³/mol. The summed E-state index contributed by atoms with van der Waals surface area (Å²) in [5.41, 5.74) is 2.70. The minimum atomic E-state index is 0.648. The Morgan fingerprint density at radius 2 is 1.71 bits per heavy atom. The topological polar surface area (TPSA) is 3.24 Å². The molecule has 17 heavy (non-hydrogen) atoms. The monoisotopic (exact) mass is 253 g/mol. The molecule has 0 aliphatic carbocycles. The van der Waals surface area contributed by atoms with Crippen LogP contribution in [0.5, 0.6) is 0 Å². The number of benzene rings is 1. The molecule has 0 bridgehead atoms. The highest BCUT2D eigenvalue weighted by molar-refractivity contribution is 6.18. The van der Waals surface area contributed by atoms with Crippen LogP contribution in [0.2, 0.25) is 0 Å². The van der Waals surface area contributed by atoms with Crippen molar-refractivity contribution in [3.63, 3.8) is 0 Å². The maximum Gasteiger partial charge on any atom is 0.0351 e.